The summed E-state index contributed by atoms with van der Waals surface area (Å²) < 4.78 is 45.5. The lowest BCUT2D eigenvalue weighted by molar-refractivity contribution is 0.0275. The monoisotopic (exact) mass is 540 g/mol. The van der Waals surface area contributed by atoms with Gasteiger partial charge in [-0.25, -0.2) is 4.98 Å². The largest absolute Gasteiger partial charge is 0.475 e. The molecule has 1 N–H and O–H groups in total. The second kappa shape index (κ2) is 15.6. The highest BCUT2D eigenvalue weighted by molar-refractivity contribution is 7.86. The van der Waals surface area contributed by atoms with Crippen molar-refractivity contribution >= 4 is 28.2 Å². The van der Waals surface area contributed by atoms with Gasteiger partial charge in [0.15, 0.2) is 0 Å². The fourth-order valence-electron chi connectivity index (χ4n) is 2.99. The van der Waals surface area contributed by atoms with Gasteiger partial charge in [0.25, 0.3) is 10.1 Å². The number of aryl methyl sites for hydroxylation is 1. The maximum Gasteiger partial charge on any atom is 0.297 e. The van der Waals surface area contributed by atoms with E-state index in [9.17, 15) is 8.42 Å². The van der Waals surface area contributed by atoms with Gasteiger partial charge < -0.3 is 19.5 Å². The lowest BCUT2D eigenvalue weighted by atomic mass is 10.2. The first-order chi connectivity index (χ1) is 18.5. The van der Waals surface area contributed by atoms with Crippen molar-refractivity contribution in [3.63, 3.8) is 0 Å². The summed E-state index contributed by atoms with van der Waals surface area (Å²) in [5.41, 5.74) is 3.76. The van der Waals surface area contributed by atoms with Crippen molar-refractivity contribution in [3.8, 4) is 5.88 Å². The summed E-state index contributed by atoms with van der Waals surface area (Å²) in [4.78, 5) is 4.36. The van der Waals surface area contributed by atoms with Gasteiger partial charge in [-0.15, -0.1) is 0 Å². The molecule has 0 aliphatic carbocycles. The van der Waals surface area contributed by atoms with Crippen LogP contribution in [0.25, 0.3) is 0 Å². The number of benzene rings is 2. The predicted molar refractivity (Wildman–Crippen MR) is 147 cm³/mol. The Morgan fingerprint density at radius 2 is 1.39 bits per heavy atom. The second-order valence-corrected chi connectivity index (χ2v) is 9.57. The first-order valence-electron chi connectivity index (χ1n) is 12.0. The maximum absolute atomic E-state index is 12.1. The number of ether oxygens (including phenoxy) is 3. The van der Waals surface area contributed by atoms with E-state index in [1.807, 2.05) is 44.3 Å². The van der Waals surface area contributed by atoms with Gasteiger partial charge >= 0.3 is 0 Å². The third-order valence-electron chi connectivity index (χ3n) is 5.06. The Kier molecular flexibility index (Phi) is 11.9. The Hall–Kier alpha value is -3.64. The number of nitrogens with zero attached hydrogens (tertiary/aromatic N) is 3. The molecule has 1 aromatic heterocycles. The average molecular weight is 541 g/mol. The van der Waals surface area contributed by atoms with Crippen LogP contribution >= 0.6 is 0 Å². The number of hydrogen-bond acceptors (Lipinski definition) is 10. The Morgan fingerprint density at radius 1 is 0.789 bits per heavy atom. The minimum absolute atomic E-state index is 0.0667. The Labute approximate surface area is 223 Å². The third-order valence-corrected chi connectivity index (χ3v) is 6.39. The highest BCUT2D eigenvalue weighted by Gasteiger charge is 2.14. The van der Waals surface area contributed by atoms with Gasteiger partial charge in [0.05, 0.1) is 50.4 Å². The summed E-state index contributed by atoms with van der Waals surface area (Å²) >= 11 is 0. The van der Waals surface area contributed by atoms with Gasteiger partial charge in [0.2, 0.25) is 5.88 Å². The summed E-state index contributed by atoms with van der Waals surface area (Å²) in [5.74, 6) is 0.474. The molecule has 0 atom stereocenters. The molecule has 0 aliphatic rings. The van der Waals surface area contributed by atoms with Crippen LogP contribution in [0.5, 0.6) is 5.88 Å². The molecule has 3 rings (SSSR count). The van der Waals surface area contributed by atoms with Crippen LogP contribution in [-0.4, -0.2) is 72.5 Å². The molecule has 11 heteroatoms. The molecule has 0 amide bonds. The van der Waals surface area contributed by atoms with E-state index in [1.165, 1.54) is 12.1 Å². The van der Waals surface area contributed by atoms with Crippen LogP contribution in [0.15, 0.2) is 82.0 Å². The zero-order valence-electron chi connectivity index (χ0n) is 21.4. The van der Waals surface area contributed by atoms with E-state index >= 15 is 0 Å². The molecule has 1 heterocycles. The lowest BCUT2D eigenvalue weighted by Gasteiger charge is -2.08. The van der Waals surface area contributed by atoms with Gasteiger partial charge in [-0.05, 0) is 42.8 Å². The zero-order valence-corrected chi connectivity index (χ0v) is 22.3. The van der Waals surface area contributed by atoms with Crippen LogP contribution in [0.3, 0.4) is 0 Å². The fourth-order valence-corrected chi connectivity index (χ4v) is 3.89. The number of nitrogens with one attached hydrogen (secondary N) is 1. The first kappa shape index (κ1) is 28.9. The van der Waals surface area contributed by atoms with Crippen LogP contribution in [0.2, 0.25) is 0 Å². The number of aromatic nitrogens is 1. The van der Waals surface area contributed by atoms with Crippen molar-refractivity contribution in [2.24, 2.45) is 10.2 Å². The third kappa shape index (κ3) is 10.4. The maximum atomic E-state index is 12.1. The molecular formula is C27H32N4O6S. The highest BCUT2D eigenvalue weighted by atomic mass is 32.2. The van der Waals surface area contributed by atoms with E-state index in [2.05, 4.69) is 20.5 Å². The van der Waals surface area contributed by atoms with Gasteiger partial charge in [-0.3, -0.25) is 4.18 Å². The van der Waals surface area contributed by atoms with Crippen molar-refractivity contribution in [2.45, 2.75) is 11.8 Å². The molecule has 0 aliphatic heterocycles. The number of hydrogen-bond donors (Lipinski definition) is 1. The van der Waals surface area contributed by atoms with E-state index < -0.39 is 10.1 Å². The van der Waals surface area contributed by atoms with Gasteiger partial charge in [-0.1, -0.05) is 29.8 Å². The molecule has 0 saturated carbocycles. The summed E-state index contributed by atoms with van der Waals surface area (Å²) in [7, 11) is -1.91. The summed E-state index contributed by atoms with van der Waals surface area (Å²) in [5, 5.41) is 11.1. The Bertz CT molecular complexity index is 1260. The summed E-state index contributed by atoms with van der Waals surface area (Å²) in [6, 6.07) is 17.9. The van der Waals surface area contributed by atoms with Crippen molar-refractivity contribution in [3.05, 3.63) is 83.6 Å². The Balaban J connectivity index is 1.22. The molecule has 0 saturated heterocycles. The van der Waals surface area contributed by atoms with Crippen LogP contribution in [-0.2, 0) is 23.8 Å². The standard InChI is InChI=1S/C27H32N4O6S/c1-22-3-10-26(11-4-22)38(32,33)37-18-16-35-14-13-34-15-17-36-27-12-7-24(19-29-27)21-31-30-20-23-5-8-25(28-2)9-6-23/h3-12,19-21,28H,13-18H2,1-2H3/b30-20+,31-21+. The quantitative estimate of drug-likeness (QED) is 0.126. The zero-order chi connectivity index (χ0) is 27.1. The molecule has 0 bridgehead atoms. The summed E-state index contributed by atoms with van der Waals surface area (Å²) in [6.45, 7) is 3.30. The van der Waals surface area contributed by atoms with Crippen molar-refractivity contribution in [2.75, 3.05) is 52.0 Å². The molecule has 38 heavy (non-hydrogen) atoms. The predicted octanol–water partition coefficient (Wildman–Crippen LogP) is 3.70. The molecule has 0 radical (unpaired) electrons. The van der Waals surface area contributed by atoms with Crippen molar-refractivity contribution in [1.82, 2.24) is 4.98 Å². The van der Waals surface area contributed by atoms with Crippen LogP contribution in [0.1, 0.15) is 16.7 Å². The molecule has 0 unspecified atom stereocenters. The van der Waals surface area contributed by atoms with Crippen molar-refractivity contribution < 1.29 is 26.8 Å². The molecular weight excluding hydrogens is 508 g/mol. The topological polar surface area (TPSA) is 121 Å². The number of anilines is 1. The van der Waals surface area contributed by atoms with E-state index in [0.29, 0.717) is 32.3 Å². The average Bonchev–Trinajstić information content (AvgIpc) is 2.93. The van der Waals surface area contributed by atoms with E-state index in [4.69, 9.17) is 18.4 Å². The van der Waals surface area contributed by atoms with Gasteiger partial charge in [-0.2, -0.15) is 18.6 Å². The molecule has 2 aromatic carbocycles. The van der Waals surface area contributed by atoms with Crippen LogP contribution in [0.4, 0.5) is 5.69 Å². The van der Waals surface area contributed by atoms with E-state index in [1.54, 1.807) is 36.8 Å². The number of rotatable bonds is 16. The first-order valence-corrected chi connectivity index (χ1v) is 13.4. The molecule has 0 fully saturated rings. The molecule has 0 spiro atoms. The van der Waals surface area contributed by atoms with Gasteiger partial charge in [0, 0.05) is 30.6 Å². The lowest BCUT2D eigenvalue weighted by Crippen LogP contribution is -2.15. The minimum atomic E-state index is -3.78. The fraction of sp³-hybridized carbons (Fsp3) is 0.296. The molecule has 3 aromatic rings. The Morgan fingerprint density at radius 3 is 2.03 bits per heavy atom. The van der Waals surface area contributed by atoms with Crippen LogP contribution < -0.4 is 10.1 Å². The normalized spacial score (nSPS) is 11.8. The second-order valence-electron chi connectivity index (χ2n) is 7.95. The van der Waals surface area contributed by atoms with Gasteiger partial charge in [0.1, 0.15) is 6.61 Å². The van der Waals surface area contributed by atoms with E-state index in [0.717, 1.165) is 22.4 Å². The number of pyridine rings is 1. The highest BCUT2D eigenvalue weighted by Crippen LogP contribution is 2.13. The van der Waals surface area contributed by atoms with E-state index in [-0.39, 0.29) is 18.1 Å². The molecule has 202 valence electrons. The minimum Gasteiger partial charge on any atom is -0.475 e. The SMILES string of the molecule is CNc1ccc(/C=N/N=C/c2ccc(OCCOCCOCCOS(=O)(=O)c3ccc(C)cc3)nc2)cc1. The smallest absolute Gasteiger partial charge is 0.297 e. The molecule has 10 nitrogen and oxygen atoms in total. The van der Waals surface area contributed by atoms with Crippen LogP contribution in [0, 0.1) is 6.92 Å². The summed E-state index contributed by atoms with van der Waals surface area (Å²) in [6.07, 6.45) is 4.93. The van der Waals surface area contributed by atoms with Crippen molar-refractivity contribution in [1.29, 1.82) is 0 Å².